The summed E-state index contributed by atoms with van der Waals surface area (Å²) in [6.07, 6.45) is 7.64. The van der Waals surface area contributed by atoms with E-state index in [9.17, 15) is 0 Å². The summed E-state index contributed by atoms with van der Waals surface area (Å²) < 4.78 is 0. The van der Waals surface area contributed by atoms with E-state index in [-0.39, 0.29) is 0 Å². The van der Waals surface area contributed by atoms with Gasteiger partial charge in [0, 0.05) is 12.6 Å². The van der Waals surface area contributed by atoms with Crippen molar-refractivity contribution < 1.29 is 0 Å². The first-order chi connectivity index (χ1) is 10.3. The van der Waals surface area contributed by atoms with Crippen molar-refractivity contribution in [3.63, 3.8) is 0 Å². The standard InChI is InChI=1S/C17H22N4/c18-12-14-6-4-7-15(13-19)17(14)21-11-5-10-20-16-8-2-1-3-9-16/h4,6-7,16,20-21H,1-3,5,8-11H2. The minimum atomic E-state index is 0.536. The van der Waals surface area contributed by atoms with E-state index in [1.165, 1.54) is 32.1 Å². The van der Waals surface area contributed by atoms with Crippen molar-refractivity contribution in [1.82, 2.24) is 5.32 Å². The Hall–Kier alpha value is -2.04. The third kappa shape index (κ3) is 4.48. The van der Waals surface area contributed by atoms with Gasteiger partial charge in [-0.2, -0.15) is 10.5 Å². The Kier molecular flexibility index (Phi) is 6.06. The van der Waals surface area contributed by atoms with E-state index in [0.717, 1.165) is 19.5 Å². The lowest BCUT2D eigenvalue weighted by Crippen LogP contribution is -2.32. The fourth-order valence-electron chi connectivity index (χ4n) is 2.84. The zero-order valence-electron chi connectivity index (χ0n) is 12.4. The summed E-state index contributed by atoms with van der Waals surface area (Å²) in [5.74, 6) is 0. The number of benzene rings is 1. The average Bonchev–Trinajstić information content (AvgIpc) is 2.55. The van der Waals surface area contributed by atoms with Gasteiger partial charge in [-0.25, -0.2) is 0 Å². The van der Waals surface area contributed by atoms with Gasteiger partial charge in [-0.15, -0.1) is 0 Å². The number of anilines is 1. The molecule has 0 unspecified atom stereocenters. The van der Waals surface area contributed by atoms with Crippen LogP contribution in [0.4, 0.5) is 5.69 Å². The number of nitrogens with zero attached hydrogens (tertiary/aromatic N) is 2. The Bertz CT molecular complexity index is 500. The van der Waals surface area contributed by atoms with Gasteiger partial charge in [-0.05, 0) is 37.9 Å². The Morgan fingerprint density at radius 3 is 2.29 bits per heavy atom. The van der Waals surface area contributed by atoms with Crippen LogP contribution in [-0.2, 0) is 0 Å². The minimum Gasteiger partial charge on any atom is -0.383 e. The highest BCUT2D eigenvalue weighted by molar-refractivity contribution is 5.66. The second-order valence-electron chi connectivity index (χ2n) is 5.52. The van der Waals surface area contributed by atoms with Crippen LogP contribution in [0.25, 0.3) is 0 Å². The summed E-state index contributed by atoms with van der Waals surface area (Å²) in [5.41, 5.74) is 1.74. The van der Waals surface area contributed by atoms with E-state index in [0.29, 0.717) is 22.9 Å². The van der Waals surface area contributed by atoms with Crippen LogP contribution < -0.4 is 10.6 Å². The Balaban J connectivity index is 1.76. The summed E-state index contributed by atoms with van der Waals surface area (Å²) in [6, 6.07) is 10.2. The molecule has 0 saturated heterocycles. The number of hydrogen-bond acceptors (Lipinski definition) is 4. The van der Waals surface area contributed by atoms with Crippen LogP contribution >= 0.6 is 0 Å². The molecule has 4 nitrogen and oxygen atoms in total. The molecule has 0 bridgehead atoms. The van der Waals surface area contributed by atoms with Gasteiger partial charge in [-0.1, -0.05) is 25.3 Å². The predicted molar refractivity (Wildman–Crippen MR) is 83.9 cm³/mol. The molecular weight excluding hydrogens is 260 g/mol. The summed E-state index contributed by atoms with van der Waals surface area (Å²) in [4.78, 5) is 0. The maximum Gasteiger partial charge on any atom is 0.101 e. The van der Waals surface area contributed by atoms with E-state index in [1.807, 2.05) is 0 Å². The second-order valence-corrected chi connectivity index (χ2v) is 5.52. The maximum absolute atomic E-state index is 9.10. The second kappa shape index (κ2) is 8.29. The maximum atomic E-state index is 9.10. The molecule has 0 amide bonds. The number of para-hydroxylation sites is 1. The van der Waals surface area contributed by atoms with Crippen molar-refractivity contribution in [2.75, 3.05) is 18.4 Å². The molecule has 1 aromatic rings. The molecule has 1 aliphatic rings. The van der Waals surface area contributed by atoms with E-state index in [4.69, 9.17) is 10.5 Å². The topological polar surface area (TPSA) is 71.6 Å². The molecule has 110 valence electrons. The molecular formula is C17H22N4. The SMILES string of the molecule is N#Cc1cccc(C#N)c1NCCCNC1CCCCC1. The van der Waals surface area contributed by atoms with Crippen molar-refractivity contribution in [3.8, 4) is 12.1 Å². The van der Waals surface area contributed by atoms with E-state index < -0.39 is 0 Å². The molecule has 0 heterocycles. The van der Waals surface area contributed by atoms with Crippen LogP contribution in [0.3, 0.4) is 0 Å². The Labute approximate surface area is 126 Å². The lowest BCUT2D eigenvalue weighted by molar-refractivity contribution is 0.373. The number of hydrogen-bond donors (Lipinski definition) is 2. The molecule has 1 fully saturated rings. The first kappa shape index (κ1) is 15.4. The Morgan fingerprint density at radius 2 is 1.67 bits per heavy atom. The summed E-state index contributed by atoms with van der Waals surface area (Å²) in [6.45, 7) is 1.75. The van der Waals surface area contributed by atoms with Gasteiger partial charge in [0.2, 0.25) is 0 Å². The van der Waals surface area contributed by atoms with Crippen LogP contribution in [0, 0.1) is 22.7 Å². The van der Waals surface area contributed by atoms with Gasteiger partial charge < -0.3 is 10.6 Å². The molecule has 21 heavy (non-hydrogen) atoms. The lowest BCUT2D eigenvalue weighted by Gasteiger charge is -2.22. The van der Waals surface area contributed by atoms with Gasteiger partial charge in [0.05, 0.1) is 16.8 Å². The molecule has 0 radical (unpaired) electrons. The highest BCUT2D eigenvalue weighted by Gasteiger charge is 2.12. The normalized spacial score (nSPS) is 15.1. The smallest absolute Gasteiger partial charge is 0.101 e. The zero-order chi connectivity index (χ0) is 14.9. The number of nitriles is 2. The monoisotopic (exact) mass is 282 g/mol. The number of rotatable bonds is 6. The lowest BCUT2D eigenvalue weighted by atomic mass is 9.95. The minimum absolute atomic E-state index is 0.536. The zero-order valence-corrected chi connectivity index (χ0v) is 12.4. The van der Waals surface area contributed by atoms with Crippen LogP contribution in [-0.4, -0.2) is 19.1 Å². The van der Waals surface area contributed by atoms with Crippen molar-refractivity contribution in [2.24, 2.45) is 0 Å². The summed E-state index contributed by atoms with van der Waals surface area (Å²) >= 11 is 0. The molecule has 4 heteroatoms. The molecule has 2 rings (SSSR count). The Morgan fingerprint density at radius 1 is 1.00 bits per heavy atom. The molecule has 0 spiro atoms. The molecule has 1 saturated carbocycles. The van der Waals surface area contributed by atoms with Crippen molar-refractivity contribution >= 4 is 5.69 Å². The van der Waals surface area contributed by atoms with E-state index in [2.05, 4.69) is 22.8 Å². The van der Waals surface area contributed by atoms with Crippen molar-refractivity contribution in [1.29, 1.82) is 10.5 Å². The fraction of sp³-hybridized carbons (Fsp3) is 0.529. The molecule has 1 aromatic carbocycles. The van der Waals surface area contributed by atoms with Crippen LogP contribution in [0.2, 0.25) is 0 Å². The van der Waals surface area contributed by atoms with Gasteiger partial charge >= 0.3 is 0 Å². The molecule has 0 aromatic heterocycles. The molecule has 1 aliphatic carbocycles. The third-order valence-electron chi connectivity index (χ3n) is 4.00. The van der Waals surface area contributed by atoms with Crippen LogP contribution in [0.1, 0.15) is 49.7 Å². The summed E-state index contributed by atoms with van der Waals surface area (Å²) in [5, 5.41) is 25.0. The van der Waals surface area contributed by atoms with Crippen molar-refractivity contribution in [3.05, 3.63) is 29.3 Å². The largest absolute Gasteiger partial charge is 0.383 e. The molecule has 0 atom stereocenters. The van der Waals surface area contributed by atoms with Crippen LogP contribution in [0.15, 0.2) is 18.2 Å². The van der Waals surface area contributed by atoms with E-state index in [1.54, 1.807) is 18.2 Å². The quantitative estimate of drug-likeness (QED) is 0.786. The van der Waals surface area contributed by atoms with Crippen LogP contribution in [0.5, 0.6) is 0 Å². The summed E-state index contributed by atoms with van der Waals surface area (Å²) in [7, 11) is 0. The first-order valence-electron chi connectivity index (χ1n) is 7.75. The third-order valence-corrected chi connectivity index (χ3v) is 4.00. The van der Waals surface area contributed by atoms with Gasteiger partial charge in [0.25, 0.3) is 0 Å². The highest BCUT2D eigenvalue weighted by Crippen LogP contribution is 2.20. The average molecular weight is 282 g/mol. The van der Waals surface area contributed by atoms with Gasteiger partial charge in [0.15, 0.2) is 0 Å². The highest BCUT2D eigenvalue weighted by atomic mass is 14.9. The van der Waals surface area contributed by atoms with E-state index >= 15 is 0 Å². The van der Waals surface area contributed by atoms with Gasteiger partial charge in [-0.3, -0.25) is 0 Å². The fourth-order valence-corrected chi connectivity index (χ4v) is 2.84. The molecule has 2 N–H and O–H groups in total. The predicted octanol–water partition coefficient (Wildman–Crippen LogP) is 3.15. The number of nitrogens with one attached hydrogen (secondary N) is 2. The first-order valence-corrected chi connectivity index (χ1v) is 7.75. The van der Waals surface area contributed by atoms with Crippen molar-refractivity contribution in [2.45, 2.75) is 44.6 Å². The van der Waals surface area contributed by atoms with Gasteiger partial charge in [0.1, 0.15) is 12.1 Å². The molecule has 0 aliphatic heterocycles.